The number of hydrogen-bond acceptors (Lipinski definition) is 2. The summed E-state index contributed by atoms with van der Waals surface area (Å²) in [4.78, 5) is 13.3. The minimum absolute atomic E-state index is 0.204. The van der Waals surface area contributed by atoms with Gasteiger partial charge in [-0.15, -0.1) is 0 Å². The first-order valence-electron chi connectivity index (χ1n) is 7.27. The molecule has 3 heteroatoms. The third-order valence-corrected chi connectivity index (χ3v) is 3.99. The summed E-state index contributed by atoms with van der Waals surface area (Å²) in [5.74, 6) is -0.690. The first kappa shape index (κ1) is 15.5. The van der Waals surface area contributed by atoms with Crippen LogP contribution in [0, 0.1) is 5.41 Å². The molecule has 0 amide bonds. The summed E-state index contributed by atoms with van der Waals surface area (Å²) in [6.07, 6.45) is 7.10. The zero-order valence-electron chi connectivity index (χ0n) is 12.4. The Morgan fingerprint density at radius 1 is 1.33 bits per heavy atom. The van der Waals surface area contributed by atoms with Gasteiger partial charge >= 0.3 is 5.97 Å². The van der Waals surface area contributed by atoms with Crippen LogP contribution in [0.2, 0.25) is 0 Å². The lowest BCUT2D eigenvalue weighted by Crippen LogP contribution is -2.44. The average Bonchev–Trinajstić information content (AvgIpc) is 2.74. The molecule has 106 valence electrons. The molecule has 1 atom stereocenters. The molecule has 0 saturated heterocycles. The molecular formula is C15H29NO2. The van der Waals surface area contributed by atoms with E-state index in [1.54, 1.807) is 0 Å². The maximum Gasteiger partial charge on any atom is 0.317 e. The standard InChI is InChI=1S/C15H29NO2/c1-12(9-10-15(2,3)4)16(11-14(17)18)13-7-5-6-8-13/h12-13H,5-11H2,1-4H3,(H,17,18). The van der Waals surface area contributed by atoms with Crippen molar-refractivity contribution in [2.24, 2.45) is 5.41 Å². The van der Waals surface area contributed by atoms with Gasteiger partial charge in [0.15, 0.2) is 0 Å². The van der Waals surface area contributed by atoms with Gasteiger partial charge in [0.1, 0.15) is 0 Å². The second-order valence-electron chi connectivity index (χ2n) is 6.95. The van der Waals surface area contributed by atoms with Crippen LogP contribution in [0.4, 0.5) is 0 Å². The molecule has 18 heavy (non-hydrogen) atoms. The normalized spacial score (nSPS) is 19.4. The summed E-state index contributed by atoms with van der Waals surface area (Å²) < 4.78 is 0. The number of carboxylic acid groups (broad SMARTS) is 1. The van der Waals surface area contributed by atoms with E-state index in [0.29, 0.717) is 17.5 Å². The van der Waals surface area contributed by atoms with E-state index in [1.165, 1.54) is 25.7 Å². The van der Waals surface area contributed by atoms with Gasteiger partial charge < -0.3 is 5.11 Å². The van der Waals surface area contributed by atoms with Gasteiger partial charge in [0.25, 0.3) is 0 Å². The van der Waals surface area contributed by atoms with Gasteiger partial charge in [-0.1, -0.05) is 33.6 Å². The molecule has 1 unspecified atom stereocenters. The Balaban J connectivity index is 2.54. The van der Waals surface area contributed by atoms with Crippen molar-refractivity contribution in [1.82, 2.24) is 4.90 Å². The molecule has 0 aromatic rings. The van der Waals surface area contributed by atoms with Crippen molar-refractivity contribution in [3.63, 3.8) is 0 Å². The largest absolute Gasteiger partial charge is 0.480 e. The molecule has 3 nitrogen and oxygen atoms in total. The van der Waals surface area contributed by atoms with E-state index in [-0.39, 0.29) is 6.54 Å². The van der Waals surface area contributed by atoms with Crippen molar-refractivity contribution in [3.8, 4) is 0 Å². The van der Waals surface area contributed by atoms with Crippen LogP contribution in [0.15, 0.2) is 0 Å². The molecule has 0 spiro atoms. The first-order chi connectivity index (χ1) is 8.29. The second kappa shape index (κ2) is 6.55. The molecule has 0 aliphatic heterocycles. The highest BCUT2D eigenvalue weighted by molar-refractivity contribution is 5.69. The maximum absolute atomic E-state index is 11.0. The smallest absolute Gasteiger partial charge is 0.317 e. The van der Waals surface area contributed by atoms with Crippen molar-refractivity contribution in [1.29, 1.82) is 0 Å². The lowest BCUT2D eigenvalue weighted by Gasteiger charge is -2.34. The van der Waals surface area contributed by atoms with Crippen molar-refractivity contribution in [2.75, 3.05) is 6.54 Å². The molecule has 0 bridgehead atoms. The van der Waals surface area contributed by atoms with E-state index in [0.717, 1.165) is 12.8 Å². The zero-order valence-corrected chi connectivity index (χ0v) is 12.4. The van der Waals surface area contributed by atoms with Crippen molar-refractivity contribution < 1.29 is 9.90 Å². The van der Waals surface area contributed by atoms with Crippen LogP contribution in [-0.2, 0) is 4.79 Å². The summed E-state index contributed by atoms with van der Waals surface area (Å²) >= 11 is 0. The second-order valence-corrected chi connectivity index (χ2v) is 6.95. The molecule has 0 heterocycles. The van der Waals surface area contributed by atoms with Gasteiger partial charge in [0.2, 0.25) is 0 Å². The van der Waals surface area contributed by atoms with Crippen molar-refractivity contribution in [3.05, 3.63) is 0 Å². The molecule has 0 radical (unpaired) electrons. The molecule has 1 aliphatic carbocycles. The SMILES string of the molecule is CC(CCC(C)(C)C)N(CC(=O)O)C1CCCC1. The number of carbonyl (C=O) groups is 1. The fourth-order valence-corrected chi connectivity index (χ4v) is 2.84. The van der Waals surface area contributed by atoms with E-state index in [2.05, 4.69) is 32.6 Å². The topological polar surface area (TPSA) is 40.5 Å². The Bertz CT molecular complexity index is 264. The van der Waals surface area contributed by atoms with Crippen LogP contribution in [0.5, 0.6) is 0 Å². The fraction of sp³-hybridized carbons (Fsp3) is 0.933. The van der Waals surface area contributed by atoms with Gasteiger partial charge in [0, 0.05) is 12.1 Å². The van der Waals surface area contributed by atoms with E-state index >= 15 is 0 Å². The number of rotatable bonds is 6. The molecule has 0 aromatic heterocycles. The molecule has 1 N–H and O–H groups in total. The minimum atomic E-state index is -0.690. The molecule has 1 rings (SSSR count). The molecular weight excluding hydrogens is 226 g/mol. The third-order valence-electron chi connectivity index (χ3n) is 3.99. The first-order valence-corrected chi connectivity index (χ1v) is 7.27. The van der Waals surface area contributed by atoms with Crippen molar-refractivity contribution >= 4 is 5.97 Å². The highest BCUT2D eigenvalue weighted by Gasteiger charge is 2.28. The molecule has 1 saturated carbocycles. The van der Waals surface area contributed by atoms with Gasteiger partial charge in [-0.3, -0.25) is 9.69 Å². The Morgan fingerprint density at radius 2 is 1.89 bits per heavy atom. The average molecular weight is 255 g/mol. The Kier molecular flexibility index (Phi) is 5.64. The van der Waals surface area contributed by atoms with Gasteiger partial charge in [-0.05, 0) is 38.0 Å². The molecule has 1 fully saturated rings. The van der Waals surface area contributed by atoms with Crippen LogP contribution in [0.1, 0.15) is 66.2 Å². The van der Waals surface area contributed by atoms with Crippen LogP contribution in [-0.4, -0.2) is 34.6 Å². The number of nitrogens with zero attached hydrogens (tertiary/aromatic N) is 1. The van der Waals surface area contributed by atoms with Crippen LogP contribution >= 0.6 is 0 Å². The molecule has 1 aliphatic rings. The number of aliphatic carboxylic acids is 1. The lowest BCUT2D eigenvalue weighted by molar-refractivity contribution is -0.139. The quantitative estimate of drug-likeness (QED) is 0.789. The van der Waals surface area contributed by atoms with E-state index < -0.39 is 5.97 Å². The highest BCUT2D eigenvalue weighted by atomic mass is 16.4. The van der Waals surface area contributed by atoms with E-state index in [1.807, 2.05) is 0 Å². The van der Waals surface area contributed by atoms with Crippen LogP contribution < -0.4 is 0 Å². The Morgan fingerprint density at radius 3 is 2.33 bits per heavy atom. The van der Waals surface area contributed by atoms with Gasteiger partial charge in [-0.2, -0.15) is 0 Å². The highest BCUT2D eigenvalue weighted by Crippen LogP contribution is 2.28. The lowest BCUT2D eigenvalue weighted by atomic mass is 9.88. The summed E-state index contributed by atoms with van der Waals surface area (Å²) in [6.45, 7) is 9.13. The molecule has 0 aromatic carbocycles. The predicted molar refractivity (Wildman–Crippen MR) is 74.7 cm³/mol. The summed E-state index contributed by atoms with van der Waals surface area (Å²) in [5.41, 5.74) is 0.332. The Labute approximate surface area is 112 Å². The zero-order chi connectivity index (χ0) is 13.8. The fourth-order valence-electron chi connectivity index (χ4n) is 2.84. The summed E-state index contributed by atoms with van der Waals surface area (Å²) in [5, 5.41) is 9.08. The van der Waals surface area contributed by atoms with Gasteiger partial charge in [-0.25, -0.2) is 0 Å². The van der Waals surface area contributed by atoms with Crippen molar-refractivity contribution in [2.45, 2.75) is 78.3 Å². The third kappa shape index (κ3) is 5.38. The van der Waals surface area contributed by atoms with E-state index in [4.69, 9.17) is 5.11 Å². The summed E-state index contributed by atoms with van der Waals surface area (Å²) in [6, 6.07) is 0.875. The maximum atomic E-state index is 11.0. The van der Waals surface area contributed by atoms with Crippen LogP contribution in [0.3, 0.4) is 0 Å². The predicted octanol–water partition coefficient (Wildman–Crippen LogP) is 3.53. The number of carboxylic acids is 1. The summed E-state index contributed by atoms with van der Waals surface area (Å²) in [7, 11) is 0. The van der Waals surface area contributed by atoms with Gasteiger partial charge in [0.05, 0.1) is 6.54 Å². The van der Waals surface area contributed by atoms with E-state index in [9.17, 15) is 4.79 Å². The van der Waals surface area contributed by atoms with Crippen LogP contribution in [0.25, 0.3) is 0 Å². The Hall–Kier alpha value is -0.570. The number of hydrogen-bond donors (Lipinski definition) is 1. The monoisotopic (exact) mass is 255 g/mol. The minimum Gasteiger partial charge on any atom is -0.480 e.